The number of nitrogens with one attached hydrogen (secondary N) is 1. The molecule has 0 saturated heterocycles. The van der Waals surface area contributed by atoms with Crippen LogP contribution in [0.1, 0.15) is 5.56 Å². The number of alkyl halides is 3. The Kier molecular flexibility index (Phi) is 5.28. The summed E-state index contributed by atoms with van der Waals surface area (Å²) in [6.07, 6.45) is -4.24. The fourth-order valence-corrected chi connectivity index (χ4v) is 2.12. The molecule has 1 aromatic rings. The van der Waals surface area contributed by atoms with Gasteiger partial charge in [-0.3, -0.25) is 0 Å². The average molecular weight is 282 g/mol. The summed E-state index contributed by atoms with van der Waals surface area (Å²) in [6.45, 7) is 2.26. The minimum absolute atomic E-state index is 0.177. The molecular formula is C11H14F4N2S. The van der Waals surface area contributed by atoms with Crippen LogP contribution < -0.4 is 11.1 Å². The molecule has 18 heavy (non-hydrogen) atoms. The Morgan fingerprint density at radius 1 is 1.33 bits per heavy atom. The van der Waals surface area contributed by atoms with E-state index in [1.165, 1.54) is 12.1 Å². The number of benzene rings is 1. The van der Waals surface area contributed by atoms with Gasteiger partial charge in [0, 0.05) is 18.0 Å². The average Bonchev–Trinajstić information content (AvgIpc) is 2.25. The van der Waals surface area contributed by atoms with Gasteiger partial charge in [0.15, 0.2) is 0 Å². The summed E-state index contributed by atoms with van der Waals surface area (Å²) >= 11 is 0.647. The normalized spacial score (nSPS) is 11.7. The lowest BCUT2D eigenvalue weighted by Crippen LogP contribution is -2.14. The summed E-state index contributed by atoms with van der Waals surface area (Å²) in [4.78, 5) is 0.410. The molecule has 0 bridgehead atoms. The minimum Gasteiger partial charge on any atom is -0.381 e. The van der Waals surface area contributed by atoms with Crippen LogP contribution in [-0.2, 0) is 0 Å². The molecule has 0 amide bonds. The van der Waals surface area contributed by atoms with Crippen molar-refractivity contribution < 1.29 is 17.6 Å². The Balaban J connectivity index is 2.84. The van der Waals surface area contributed by atoms with Gasteiger partial charge in [0.05, 0.1) is 11.4 Å². The number of hydrogen-bond donors (Lipinski definition) is 2. The highest BCUT2D eigenvalue weighted by molar-refractivity contribution is 7.99. The summed E-state index contributed by atoms with van der Waals surface area (Å²) in [6, 6.07) is 2.61. The zero-order valence-corrected chi connectivity index (χ0v) is 10.6. The van der Waals surface area contributed by atoms with Crippen molar-refractivity contribution in [3.05, 3.63) is 23.5 Å². The van der Waals surface area contributed by atoms with Gasteiger partial charge in [-0.1, -0.05) is 0 Å². The van der Waals surface area contributed by atoms with Gasteiger partial charge in [-0.25, -0.2) is 4.39 Å². The number of hydrogen-bond acceptors (Lipinski definition) is 3. The summed E-state index contributed by atoms with van der Waals surface area (Å²) in [5.74, 6) is -1.48. The fraction of sp³-hybridized carbons (Fsp3) is 0.455. The van der Waals surface area contributed by atoms with E-state index in [4.69, 9.17) is 5.73 Å². The largest absolute Gasteiger partial charge is 0.398 e. The van der Waals surface area contributed by atoms with Gasteiger partial charge >= 0.3 is 6.18 Å². The molecule has 0 fully saturated rings. The van der Waals surface area contributed by atoms with Gasteiger partial charge in [0.25, 0.3) is 0 Å². The SMILES string of the molecule is Cc1cc(F)c(NCCN)cc1SCC(F)(F)F. The van der Waals surface area contributed by atoms with E-state index in [1.54, 1.807) is 6.92 Å². The lowest BCUT2D eigenvalue weighted by atomic mass is 10.2. The van der Waals surface area contributed by atoms with E-state index >= 15 is 0 Å². The van der Waals surface area contributed by atoms with Crippen molar-refractivity contribution in [2.24, 2.45) is 5.73 Å². The maximum atomic E-state index is 13.5. The molecule has 0 aliphatic rings. The van der Waals surface area contributed by atoms with E-state index in [0.717, 1.165) is 0 Å². The molecule has 2 nitrogen and oxygen atoms in total. The van der Waals surface area contributed by atoms with Crippen LogP contribution in [0.4, 0.5) is 23.2 Å². The second-order valence-electron chi connectivity index (χ2n) is 3.72. The van der Waals surface area contributed by atoms with Crippen LogP contribution in [-0.4, -0.2) is 25.0 Å². The fourth-order valence-electron chi connectivity index (χ4n) is 1.31. The number of thioether (sulfide) groups is 1. The molecule has 0 spiro atoms. The van der Waals surface area contributed by atoms with Crippen molar-refractivity contribution in [3.63, 3.8) is 0 Å². The molecule has 102 valence electrons. The van der Waals surface area contributed by atoms with Gasteiger partial charge in [-0.2, -0.15) is 13.2 Å². The molecule has 0 aliphatic heterocycles. The number of rotatable bonds is 5. The highest BCUT2D eigenvalue weighted by Gasteiger charge is 2.27. The van der Waals surface area contributed by atoms with Gasteiger partial charge in [-0.05, 0) is 24.6 Å². The number of halogens is 4. The van der Waals surface area contributed by atoms with Crippen molar-refractivity contribution in [3.8, 4) is 0 Å². The van der Waals surface area contributed by atoms with Crippen LogP contribution in [0.15, 0.2) is 17.0 Å². The first kappa shape index (κ1) is 15.1. The van der Waals surface area contributed by atoms with Crippen LogP contribution in [0.3, 0.4) is 0 Å². The molecule has 0 heterocycles. The first-order valence-corrected chi connectivity index (χ1v) is 6.25. The Hall–Kier alpha value is -0.950. The number of nitrogens with two attached hydrogens (primary N) is 1. The van der Waals surface area contributed by atoms with E-state index in [0.29, 0.717) is 35.3 Å². The molecule has 0 aromatic heterocycles. The van der Waals surface area contributed by atoms with Crippen LogP contribution in [0, 0.1) is 12.7 Å². The molecule has 1 rings (SSSR count). The van der Waals surface area contributed by atoms with Crippen LogP contribution in [0.25, 0.3) is 0 Å². The summed E-state index contributed by atoms with van der Waals surface area (Å²) in [5, 5.41) is 2.73. The number of anilines is 1. The predicted octanol–water partition coefficient (Wildman–Crippen LogP) is 3.16. The van der Waals surface area contributed by atoms with Crippen LogP contribution in [0.2, 0.25) is 0 Å². The molecule has 3 N–H and O–H groups in total. The van der Waals surface area contributed by atoms with E-state index in [-0.39, 0.29) is 5.69 Å². The Bertz CT molecular complexity index is 407. The van der Waals surface area contributed by atoms with Crippen molar-refractivity contribution in [1.29, 1.82) is 0 Å². The summed E-state index contributed by atoms with van der Waals surface area (Å²) < 4.78 is 49.9. The molecule has 0 atom stereocenters. The molecule has 0 saturated carbocycles. The van der Waals surface area contributed by atoms with E-state index in [9.17, 15) is 17.6 Å². The van der Waals surface area contributed by atoms with Gasteiger partial charge < -0.3 is 11.1 Å². The highest BCUT2D eigenvalue weighted by Crippen LogP contribution is 2.32. The van der Waals surface area contributed by atoms with Crippen molar-refractivity contribution in [2.45, 2.75) is 18.0 Å². The maximum absolute atomic E-state index is 13.5. The minimum atomic E-state index is -4.24. The molecular weight excluding hydrogens is 268 g/mol. The second-order valence-corrected chi connectivity index (χ2v) is 4.73. The standard InChI is InChI=1S/C11H14F4N2S/c1-7-4-8(12)9(17-3-2-16)5-10(7)18-6-11(13,14)15/h4-5,17H,2-3,6,16H2,1H3. The van der Waals surface area contributed by atoms with Crippen LogP contribution >= 0.6 is 11.8 Å². The van der Waals surface area contributed by atoms with Crippen LogP contribution in [0.5, 0.6) is 0 Å². The zero-order valence-electron chi connectivity index (χ0n) is 9.77. The quantitative estimate of drug-likeness (QED) is 0.643. The highest BCUT2D eigenvalue weighted by atomic mass is 32.2. The first-order valence-electron chi connectivity index (χ1n) is 5.27. The summed E-state index contributed by atoms with van der Waals surface area (Å²) in [7, 11) is 0. The Labute approximate surface area is 107 Å². The summed E-state index contributed by atoms with van der Waals surface area (Å²) in [5.41, 5.74) is 5.93. The Morgan fingerprint density at radius 2 is 2.00 bits per heavy atom. The smallest absolute Gasteiger partial charge is 0.381 e. The van der Waals surface area contributed by atoms with Crippen molar-refractivity contribution in [2.75, 3.05) is 24.2 Å². The molecule has 0 radical (unpaired) electrons. The van der Waals surface area contributed by atoms with E-state index in [2.05, 4.69) is 5.32 Å². The topological polar surface area (TPSA) is 38.0 Å². The van der Waals surface area contributed by atoms with E-state index in [1.807, 2.05) is 0 Å². The third-order valence-electron chi connectivity index (χ3n) is 2.12. The van der Waals surface area contributed by atoms with Gasteiger partial charge in [-0.15, -0.1) is 11.8 Å². The van der Waals surface area contributed by atoms with Gasteiger partial charge in [0.1, 0.15) is 5.82 Å². The van der Waals surface area contributed by atoms with E-state index < -0.39 is 17.7 Å². The monoisotopic (exact) mass is 282 g/mol. The van der Waals surface area contributed by atoms with Crippen molar-refractivity contribution in [1.82, 2.24) is 0 Å². The third kappa shape index (κ3) is 4.73. The Morgan fingerprint density at radius 3 is 2.56 bits per heavy atom. The molecule has 0 unspecified atom stereocenters. The molecule has 0 aliphatic carbocycles. The zero-order chi connectivity index (χ0) is 13.8. The van der Waals surface area contributed by atoms with Gasteiger partial charge in [0.2, 0.25) is 0 Å². The first-order chi connectivity index (χ1) is 8.33. The lowest BCUT2D eigenvalue weighted by molar-refractivity contribution is -0.105. The molecule has 7 heteroatoms. The lowest BCUT2D eigenvalue weighted by Gasteiger charge is -2.12. The predicted molar refractivity (Wildman–Crippen MR) is 65.5 cm³/mol. The third-order valence-corrected chi connectivity index (χ3v) is 3.34. The van der Waals surface area contributed by atoms with Crippen molar-refractivity contribution >= 4 is 17.4 Å². The number of aryl methyl sites for hydroxylation is 1. The maximum Gasteiger partial charge on any atom is 0.398 e. The second kappa shape index (κ2) is 6.29. The molecule has 1 aromatic carbocycles.